The van der Waals surface area contributed by atoms with Gasteiger partial charge in [-0.2, -0.15) is 0 Å². The van der Waals surface area contributed by atoms with Crippen LogP contribution in [0.4, 0.5) is 0 Å². The molecule has 2 nitrogen and oxygen atoms in total. The Morgan fingerprint density at radius 2 is 1.59 bits per heavy atom. The molecule has 0 spiro atoms. The first kappa shape index (κ1) is 16.2. The van der Waals surface area contributed by atoms with Gasteiger partial charge in [-0.05, 0) is 26.2 Å². The van der Waals surface area contributed by atoms with Gasteiger partial charge in [-0.3, -0.25) is 0 Å². The number of carbonyl (C=O) groups excluding carboxylic acids is 1. The quantitative estimate of drug-likeness (QED) is 0.333. The van der Waals surface area contributed by atoms with E-state index < -0.39 is 0 Å². The van der Waals surface area contributed by atoms with Crippen LogP contribution in [-0.4, -0.2) is 12.6 Å². The van der Waals surface area contributed by atoms with Crippen molar-refractivity contribution in [3.63, 3.8) is 0 Å². The van der Waals surface area contributed by atoms with E-state index in [1.807, 2.05) is 13.8 Å². The lowest BCUT2D eigenvalue weighted by Crippen LogP contribution is -2.10. The highest BCUT2D eigenvalue weighted by atomic mass is 16.5. The highest BCUT2D eigenvalue weighted by molar-refractivity contribution is 5.89. The second kappa shape index (κ2) is 10.4. The fraction of sp³-hybridized carbons (Fsp3) is 0.800. The first-order valence-corrected chi connectivity index (χ1v) is 7.03. The molecule has 0 bridgehead atoms. The monoisotopic (exact) mass is 240 g/mol. The SMILES string of the molecule is CCCCCCCOC(=O)C(CC)=C(C)CC. The number of hydrogen-bond donors (Lipinski definition) is 0. The van der Waals surface area contributed by atoms with Crippen LogP contribution in [0.25, 0.3) is 0 Å². The molecule has 100 valence electrons. The van der Waals surface area contributed by atoms with Crippen molar-refractivity contribution in [2.45, 2.75) is 72.6 Å². The fourth-order valence-electron chi connectivity index (χ4n) is 1.79. The number of rotatable bonds is 9. The van der Waals surface area contributed by atoms with Gasteiger partial charge < -0.3 is 4.74 Å². The maximum absolute atomic E-state index is 11.8. The molecule has 0 aliphatic rings. The van der Waals surface area contributed by atoms with Crippen LogP contribution < -0.4 is 0 Å². The van der Waals surface area contributed by atoms with Gasteiger partial charge >= 0.3 is 5.97 Å². The molecule has 0 rings (SSSR count). The Morgan fingerprint density at radius 3 is 2.12 bits per heavy atom. The molecule has 17 heavy (non-hydrogen) atoms. The van der Waals surface area contributed by atoms with Gasteiger partial charge in [-0.25, -0.2) is 4.79 Å². The summed E-state index contributed by atoms with van der Waals surface area (Å²) in [7, 11) is 0. The van der Waals surface area contributed by atoms with Gasteiger partial charge in [0.25, 0.3) is 0 Å². The minimum Gasteiger partial charge on any atom is -0.462 e. The molecule has 0 unspecified atom stereocenters. The summed E-state index contributed by atoms with van der Waals surface area (Å²) in [6.07, 6.45) is 7.63. The molecule has 2 heteroatoms. The Labute approximate surface area is 106 Å². The molecule has 0 heterocycles. The molecule has 0 amide bonds. The molecule has 0 aliphatic heterocycles. The third kappa shape index (κ3) is 7.19. The van der Waals surface area contributed by atoms with E-state index in [-0.39, 0.29) is 5.97 Å². The van der Waals surface area contributed by atoms with Crippen molar-refractivity contribution in [1.29, 1.82) is 0 Å². The van der Waals surface area contributed by atoms with Crippen LogP contribution in [0.1, 0.15) is 72.6 Å². The minimum atomic E-state index is -0.109. The Kier molecular flexibility index (Phi) is 9.89. The van der Waals surface area contributed by atoms with E-state index in [4.69, 9.17) is 4.74 Å². The number of carbonyl (C=O) groups is 1. The van der Waals surface area contributed by atoms with E-state index >= 15 is 0 Å². The number of ether oxygens (including phenoxy) is 1. The second-order valence-electron chi connectivity index (χ2n) is 4.52. The van der Waals surface area contributed by atoms with E-state index in [1.54, 1.807) is 0 Å². The van der Waals surface area contributed by atoms with Crippen LogP contribution in [0, 0.1) is 0 Å². The van der Waals surface area contributed by atoms with Crippen molar-refractivity contribution in [3.05, 3.63) is 11.1 Å². The second-order valence-corrected chi connectivity index (χ2v) is 4.52. The Hall–Kier alpha value is -0.790. The number of allylic oxidation sites excluding steroid dienone is 1. The van der Waals surface area contributed by atoms with Gasteiger partial charge in [0.2, 0.25) is 0 Å². The molecule has 0 aromatic heterocycles. The predicted octanol–water partition coefficient (Wildman–Crippen LogP) is 4.64. The summed E-state index contributed by atoms with van der Waals surface area (Å²) < 4.78 is 5.30. The van der Waals surface area contributed by atoms with Crippen LogP contribution in [-0.2, 0) is 9.53 Å². The van der Waals surface area contributed by atoms with Gasteiger partial charge in [0.1, 0.15) is 0 Å². The van der Waals surface area contributed by atoms with Crippen molar-refractivity contribution in [2.24, 2.45) is 0 Å². The van der Waals surface area contributed by atoms with Crippen LogP contribution in [0.5, 0.6) is 0 Å². The summed E-state index contributed by atoms with van der Waals surface area (Å²) in [5.41, 5.74) is 2.02. The van der Waals surface area contributed by atoms with Gasteiger partial charge in [0.05, 0.1) is 6.61 Å². The van der Waals surface area contributed by atoms with Gasteiger partial charge in [0.15, 0.2) is 0 Å². The molecular weight excluding hydrogens is 212 g/mol. The fourth-order valence-corrected chi connectivity index (χ4v) is 1.79. The van der Waals surface area contributed by atoms with E-state index in [1.165, 1.54) is 25.7 Å². The maximum atomic E-state index is 11.8. The predicted molar refractivity (Wildman–Crippen MR) is 73.0 cm³/mol. The largest absolute Gasteiger partial charge is 0.462 e. The smallest absolute Gasteiger partial charge is 0.333 e. The molecule has 0 radical (unpaired) electrons. The molecule has 0 aromatic carbocycles. The maximum Gasteiger partial charge on any atom is 0.333 e. The zero-order valence-electron chi connectivity index (χ0n) is 12.0. The van der Waals surface area contributed by atoms with E-state index in [0.717, 1.165) is 30.4 Å². The van der Waals surface area contributed by atoms with Crippen molar-refractivity contribution in [2.75, 3.05) is 6.61 Å². The van der Waals surface area contributed by atoms with E-state index in [0.29, 0.717) is 6.61 Å². The van der Waals surface area contributed by atoms with E-state index in [2.05, 4.69) is 13.8 Å². The normalized spacial score (nSPS) is 12.2. The molecule has 0 saturated carbocycles. The molecule has 0 N–H and O–H groups in total. The first-order chi connectivity index (χ1) is 8.17. The molecule has 0 aliphatic carbocycles. The number of hydrogen-bond acceptors (Lipinski definition) is 2. The summed E-state index contributed by atoms with van der Waals surface area (Å²) in [4.78, 5) is 11.8. The zero-order valence-corrected chi connectivity index (χ0v) is 12.0. The lowest BCUT2D eigenvalue weighted by Gasteiger charge is -2.09. The molecular formula is C15H28O2. The topological polar surface area (TPSA) is 26.3 Å². The summed E-state index contributed by atoms with van der Waals surface area (Å²) in [6.45, 7) is 8.87. The van der Waals surface area contributed by atoms with Crippen molar-refractivity contribution in [1.82, 2.24) is 0 Å². The molecule has 0 saturated heterocycles. The van der Waals surface area contributed by atoms with E-state index in [9.17, 15) is 4.79 Å². The van der Waals surface area contributed by atoms with Crippen LogP contribution in [0.2, 0.25) is 0 Å². The Bertz CT molecular complexity index is 241. The third-order valence-corrected chi connectivity index (χ3v) is 3.13. The molecule has 0 atom stereocenters. The Balaban J connectivity index is 3.85. The van der Waals surface area contributed by atoms with Crippen LogP contribution >= 0.6 is 0 Å². The van der Waals surface area contributed by atoms with Gasteiger partial charge in [-0.1, -0.05) is 52.0 Å². The summed E-state index contributed by atoms with van der Waals surface area (Å²) in [6, 6.07) is 0. The number of esters is 1. The standard InChI is InChI=1S/C15H28O2/c1-5-8-9-10-11-12-17-15(16)14(7-3)13(4)6-2/h5-12H2,1-4H3. The highest BCUT2D eigenvalue weighted by Crippen LogP contribution is 2.13. The van der Waals surface area contributed by atoms with Crippen molar-refractivity contribution >= 4 is 5.97 Å². The average Bonchev–Trinajstić information content (AvgIpc) is 2.34. The van der Waals surface area contributed by atoms with Crippen molar-refractivity contribution in [3.8, 4) is 0 Å². The summed E-state index contributed by atoms with van der Waals surface area (Å²) in [5.74, 6) is -0.109. The zero-order chi connectivity index (χ0) is 13.1. The first-order valence-electron chi connectivity index (χ1n) is 7.03. The summed E-state index contributed by atoms with van der Waals surface area (Å²) in [5, 5.41) is 0. The molecule has 0 fully saturated rings. The highest BCUT2D eigenvalue weighted by Gasteiger charge is 2.11. The lowest BCUT2D eigenvalue weighted by molar-refractivity contribution is -0.139. The van der Waals surface area contributed by atoms with Gasteiger partial charge in [-0.15, -0.1) is 0 Å². The lowest BCUT2D eigenvalue weighted by atomic mass is 10.1. The van der Waals surface area contributed by atoms with Crippen LogP contribution in [0.3, 0.4) is 0 Å². The van der Waals surface area contributed by atoms with Crippen molar-refractivity contribution < 1.29 is 9.53 Å². The third-order valence-electron chi connectivity index (χ3n) is 3.13. The molecule has 0 aromatic rings. The Morgan fingerprint density at radius 1 is 0.941 bits per heavy atom. The van der Waals surface area contributed by atoms with Gasteiger partial charge in [0, 0.05) is 5.57 Å². The minimum absolute atomic E-state index is 0.109. The number of unbranched alkanes of at least 4 members (excludes halogenated alkanes) is 4. The average molecular weight is 240 g/mol. The summed E-state index contributed by atoms with van der Waals surface area (Å²) >= 11 is 0. The van der Waals surface area contributed by atoms with Crippen LogP contribution in [0.15, 0.2) is 11.1 Å².